The first-order chi connectivity index (χ1) is 22.9. The Kier molecular flexibility index (Phi) is 3.41. The van der Waals surface area contributed by atoms with E-state index in [-0.39, 0.29) is 0 Å². The molecular weight excluding hydrogens is 562 g/mol. The molecule has 0 bridgehead atoms. The van der Waals surface area contributed by atoms with Gasteiger partial charge in [0.25, 0.3) is 11.6 Å². The fraction of sp³-hybridized carbons (Fsp3) is 0.0244. The average molecular weight is 586 g/mol. The molecule has 10 aromatic rings. The van der Waals surface area contributed by atoms with E-state index in [9.17, 15) is 0 Å². The molecule has 46 heavy (non-hydrogen) atoms. The van der Waals surface area contributed by atoms with E-state index in [1.165, 1.54) is 93.9 Å². The van der Waals surface area contributed by atoms with Gasteiger partial charge in [0, 0.05) is 44.5 Å². The number of benzene rings is 5. The maximum absolute atomic E-state index is 2.57. The van der Waals surface area contributed by atoms with Crippen molar-refractivity contribution in [1.82, 2.24) is 13.7 Å². The Morgan fingerprint density at radius 1 is 0.391 bits per heavy atom. The summed E-state index contributed by atoms with van der Waals surface area (Å²) in [6.45, 7) is 0. The van der Waals surface area contributed by atoms with Crippen molar-refractivity contribution >= 4 is 65.4 Å². The lowest BCUT2D eigenvalue weighted by Crippen LogP contribution is -2.79. The van der Waals surface area contributed by atoms with E-state index >= 15 is 0 Å². The van der Waals surface area contributed by atoms with Crippen LogP contribution in [0.25, 0.3) is 82.7 Å². The molecule has 13 rings (SSSR count). The lowest BCUT2D eigenvalue weighted by molar-refractivity contribution is -0.967. The standard InChI is InChI=1S/C41H23N5/c1-5-15-31-24(11-1)27-19-20-33-36-38(27)45(31)34-17-7-9-21-42(34)41(36)37-39-28(25-12-2-4-14-30(25)44(33)39)23-29-26-13-3-6-16-32(26)46(40(29)37)35-18-8-10-22-43(35)41/h1-23H/q+2. The summed E-state index contributed by atoms with van der Waals surface area (Å²) < 4.78 is 12.7. The van der Waals surface area contributed by atoms with Crippen LogP contribution in [0.5, 0.6) is 0 Å². The van der Waals surface area contributed by atoms with Gasteiger partial charge in [-0.1, -0.05) is 54.6 Å². The molecule has 1 atom stereocenters. The maximum Gasteiger partial charge on any atom is 0.318 e. The van der Waals surface area contributed by atoms with Crippen molar-refractivity contribution in [2.24, 2.45) is 0 Å². The summed E-state index contributed by atoms with van der Waals surface area (Å²) in [7, 11) is 0. The van der Waals surface area contributed by atoms with E-state index in [2.05, 4.69) is 163 Å². The highest BCUT2D eigenvalue weighted by Gasteiger charge is 2.63. The van der Waals surface area contributed by atoms with Gasteiger partial charge >= 0.3 is 5.66 Å². The zero-order valence-electron chi connectivity index (χ0n) is 24.5. The molecule has 1 unspecified atom stereocenters. The summed E-state index contributed by atoms with van der Waals surface area (Å²) in [5, 5.41) is 7.74. The van der Waals surface area contributed by atoms with E-state index in [4.69, 9.17) is 0 Å². The van der Waals surface area contributed by atoms with E-state index in [1.54, 1.807) is 0 Å². The monoisotopic (exact) mass is 585 g/mol. The molecule has 0 aliphatic carbocycles. The first-order valence-corrected chi connectivity index (χ1v) is 16.0. The summed E-state index contributed by atoms with van der Waals surface area (Å²) in [4.78, 5) is 0. The van der Waals surface area contributed by atoms with Gasteiger partial charge in [-0.15, -0.1) is 0 Å². The van der Waals surface area contributed by atoms with Crippen LogP contribution >= 0.6 is 0 Å². The number of nitrogens with zero attached hydrogens (tertiary/aromatic N) is 5. The van der Waals surface area contributed by atoms with Gasteiger partial charge in [-0.3, -0.25) is 0 Å². The Hall–Kier alpha value is -6.20. The molecule has 0 saturated heterocycles. The van der Waals surface area contributed by atoms with Gasteiger partial charge in [0.1, 0.15) is 22.2 Å². The van der Waals surface area contributed by atoms with Gasteiger partial charge in [0.2, 0.25) is 0 Å². The number of aromatic nitrogens is 5. The second-order valence-corrected chi connectivity index (χ2v) is 13.0. The zero-order chi connectivity index (χ0) is 29.5. The summed E-state index contributed by atoms with van der Waals surface area (Å²) in [6.07, 6.45) is 4.61. The van der Waals surface area contributed by atoms with Crippen LogP contribution < -0.4 is 9.13 Å². The minimum atomic E-state index is -0.668. The van der Waals surface area contributed by atoms with Crippen LogP contribution in [0.4, 0.5) is 0 Å². The van der Waals surface area contributed by atoms with Crippen LogP contribution in [0.2, 0.25) is 0 Å². The maximum atomic E-state index is 2.57. The minimum Gasteiger partial charge on any atom is -0.308 e. The molecule has 5 nitrogen and oxygen atoms in total. The molecule has 3 aliphatic rings. The Bertz CT molecular complexity index is 3080. The molecule has 1 spiro atoms. The molecule has 0 amide bonds. The summed E-state index contributed by atoms with van der Waals surface area (Å²) >= 11 is 0. The van der Waals surface area contributed by atoms with Gasteiger partial charge in [-0.05, 0) is 60.7 Å². The highest BCUT2D eigenvalue weighted by molar-refractivity contribution is 6.23. The number of para-hydroxylation sites is 3. The summed E-state index contributed by atoms with van der Waals surface area (Å²) in [5.41, 5.74) is 10.8. The number of hydrogen-bond donors (Lipinski definition) is 0. The fourth-order valence-electron chi connectivity index (χ4n) is 9.71. The van der Waals surface area contributed by atoms with Gasteiger partial charge in [0.05, 0.1) is 29.1 Å². The molecule has 0 radical (unpaired) electrons. The van der Waals surface area contributed by atoms with Crippen molar-refractivity contribution < 1.29 is 9.13 Å². The van der Waals surface area contributed by atoms with Crippen molar-refractivity contribution in [2.45, 2.75) is 5.66 Å². The highest BCUT2D eigenvalue weighted by atomic mass is 15.4. The Labute approximate surface area is 261 Å². The molecule has 8 heterocycles. The normalized spacial score (nSPS) is 16.8. The van der Waals surface area contributed by atoms with Crippen LogP contribution in [0.1, 0.15) is 11.1 Å². The molecule has 0 saturated carbocycles. The molecule has 0 N–H and O–H groups in total. The first kappa shape index (κ1) is 22.3. The van der Waals surface area contributed by atoms with Crippen LogP contribution in [0.15, 0.2) is 140 Å². The number of pyridine rings is 2. The third kappa shape index (κ3) is 2.06. The zero-order valence-corrected chi connectivity index (χ0v) is 24.5. The van der Waals surface area contributed by atoms with Gasteiger partial charge in [0.15, 0.2) is 11.0 Å². The lowest BCUT2D eigenvalue weighted by atomic mass is 9.80. The van der Waals surface area contributed by atoms with Gasteiger partial charge in [-0.25, -0.2) is 0 Å². The second kappa shape index (κ2) is 7.03. The highest BCUT2D eigenvalue weighted by Crippen LogP contribution is 2.55. The average Bonchev–Trinajstić information content (AvgIpc) is 3.76. The number of fused-ring (bicyclic) bond motifs is 14. The molecule has 210 valence electrons. The minimum absolute atomic E-state index is 0.668. The predicted octanol–water partition coefficient (Wildman–Crippen LogP) is 7.79. The number of rotatable bonds is 0. The second-order valence-electron chi connectivity index (χ2n) is 13.0. The Balaban J connectivity index is 1.46. The smallest absolute Gasteiger partial charge is 0.308 e. The van der Waals surface area contributed by atoms with Crippen molar-refractivity contribution in [2.75, 3.05) is 0 Å². The largest absolute Gasteiger partial charge is 0.318 e. The predicted molar refractivity (Wildman–Crippen MR) is 181 cm³/mol. The Morgan fingerprint density at radius 3 is 1.48 bits per heavy atom. The topological polar surface area (TPSA) is 22.5 Å². The molecule has 0 fully saturated rings. The molecule has 5 aromatic heterocycles. The molecule has 3 aliphatic heterocycles. The van der Waals surface area contributed by atoms with Gasteiger partial charge < -0.3 is 4.57 Å². The lowest BCUT2D eigenvalue weighted by Gasteiger charge is -2.41. The van der Waals surface area contributed by atoms with E-state index in [0.29, 0.717) is 0 Å². The van der Waals surface area contributed by atoms with E-state index in [1.807, 2.05) is 0 Å². The fourth-order valence-corrected chi connectivity index (χ4v) is 9.71. The molecular formula is C41H23N5+2. The molecule has 5 aromatic carbocycles. The first-order valence-electron chi connectivity index (χ1n) is 16.0. The van der Waals surface area contributed by atoms with E-state index < -0.39 is 5.66 Å². The van der Waals surface area contributed by atoms with Crippen LogP contribution in [0, 0.1) is 0 Å². The number of hydrogen-bond acceptors (Lipinski definition) is 0. The van der Waals surface area contributed by atoms with Gasteiger partial charge in [-0.2, -0.15) is 18.3 Å². The van der Waals surface area contributed by atoms with Crippen molar-refractivity contribution in [3.63, 3.8) is 0 Å². The van der Waals surface area contributed by atoms with E-state index in [0.717, 1.165) is 0 Å². The van der Waals surface area contributed by atoms with Crippen LogP contribution in [-0.4, -0.2) is 13.7 Å². The third-order valence-electron chi connectivity index (χ3n) is 11.2. The van der Waals surface area contributed by atoms with Crippen molar-refractivity contribution in [1.29, 1.82) is 0 Å². The van der Waals surface area contributed by atoms with Crippen molar-refractivity contribution in [3.8, 4) is 17.3 Å². The quantitative estimate of drug-likeness (QED) is 0.162. The van der Waals surface area contributed by atoms with Crippen LogP contribution in [-0.2, 0) is 5.66 Å². The summed E-state index contributed by atoms with van der Waals surface area (Å²) in [5.74, 6) is 2.33. The molecule has 5 heteroatoms. The third-order valence-corrected chi connectivity index (χ3v) is 11.2. The van der Waals surface area contributed by atoms with Crippen LogP contribution in [0.3, 0.4) is 0 Å². The SMILES string of the molecule is c1cc[n+]2c(c1)-n1c3ccccc3c3ccc4c(c31)C21c2c3c(cc5c6ccccc6n(c25)-c2cccc[n+]21)c1ccccc1n3-4. The Morgan fingerprint density at radius 2 is 0.870 bits per heavy atom. The van der Waals surface area contributed by atoms with Crippen molar-refractivity contribution in [3.05, 3.63) is 151 Å². The summed E-state index contributed by atoms with van der Waals surface area (Å²) in [6, 6.07) is 47.4.